The quantitative estimate of drug-likeness (QED) is 0.742. The fraction of sp³-hybridized carbons (Fsp3) is 0.312. The molecular formula is C16H18N4O2. The Balaban J connectivity index is 1.89. The summed E-state index contributed by atoms with van der Waals surface area (Å²) >= 11 is 0. The number of fused-ring (bicyclic) bond motifs is 1. The molecule has 3 rings (SSSR count). The van der Waals surface area contributed by atoms with Crippen molar-refractivity contribution < 1.29 is 9.59 Å². The minimum Gasteiger partial charge on any atom is -0.370 e. The van der Waals surface area contributed by atoms with Crippen molar-refractivity contribution in [2.45, 2.75) is 25.3 Å². The van der Waals surface area contributed by atoms with E-state index in [0.717, 1.165) is 22.9 Å². The number of aldehydes is 1. The van der Waals surface area contributed by atoms with Crippen LogP contribution in [-0.2, 0) is 9.59 Å². The number of aromatic amines is 1. The molecule has 6 heteroatoms. The molecule has 3 N–H and O–H groups in total. The lowest BCUT2D eigenvalue weighted by atomic mass is 9.91. The summed E-state index contributed by atoms with van der Waals surface area (Å²) in [5.74, 6) is -0.0369. The number of hydrogen-bond donors (Lipinski definition) is 3. The summed E-state index contributed by atoms with van der Waals surface area (Å²) in [4.78, 5) is 30.5. The van der Waals surface area contributed by atoms with Crippen LogP contribution in [0.1, 0.15) is 24.2 Å². The van der Waals surface area contributed by atoms with Crippen molar-refractivity contribution in [2.24, 2.45) is 0 Å². The molecule has 6 nitrogen and oxygen atoms in total. The van der Waals surface area contributed by atoms with E-state index in [-0.39, 0.29) is 12.5 Å². The Labute approximate surface area is 128 Å². The number of pyridine rings is 1. The summed E-state index contributed by atoms with van der Waals surface area (Å²) in [6.07, 6.45) is 3.32. The molecular weight excluding hydrogens is 280 g/mol. The lowest BCUT2D eigenvalue weighted by Gasteiger charge is -2.34. The summed E-state index contributed by atoms with van der Waals surface area (Å²) in [6.45, 7) is 6.26. The third-order valence-corrected chi connectivity index (χ3v) is 3.99. The number of aromatic nitrogens is 2. The van der Waals surface area contributed by atoms with Gasteiger partial charge in [0, 0.05) is 30.2 Å². The lowest BCUT2D eigenvalue weighted by Crippen LogP contribution is -2.57. The van der Waals surface area contributed by atoms with Crippen LogP contribution >= 0.6 is 0 Å². The maximum atomic E-state index is 11.5. The van der Waals surface area contributed by atoms with Crippen LogP contribution in [0.3, 0.4) is 0 Å². The highest BCUT2D eigenvalue weighted by Crippen LogP contribution is 2.24. The lowest BCUT2D eigenvalue weighted by molar-refractivity contribution is -0.125. The Morgan fingerprint density at radius 3 is 3.05 bits per heavy atom. The number of nitrogens with zero attached hydrogens (tertiary/aromatic N) is 1. The second-order valence-corrected chi connectivity index (χ2v) is 5.73. The third kappa shape index (κ3) is 2.47. The van der Waals surface area contributed by atoms with Gasteiger partial charge in [-0.1, -0.05) is 6.58 Å². The fourth-order valence-corrected chi connectivity index (χ4v) is 2.79. The van der Waals surface area contributed by atoms with Gasteiger partial charge in [0.2, 0.25) is 5.91 Å². The normalized spacial score (nSPS) is 21.4. The minimum absolute atomic E-state index is 0.0369. The number of nitrogens with one attached hydrogen (secondary N) is 3. The molecule has 2 aromatic heterocycles. The first kappa shape index (κ1) is 14.3. The summed E-state index contributed by atoms with van der Waals surface area (Å²) in [7, 11) is 0. The zero-order valence-corrected chi connectivity index (χ0v) is 12.4. The monoisotopic (exact) mass is 298 g/mol. The van der Waals surface area contributed by atoms with Crippen LogP contribution in [-0.4, -0.2) is 34.2 Å². The maximum absolute atomic E-state index is 11.5. The third-order valence-electron chi connectivity index (χ3n) is 3.99. The van der Waals surface area contributed by atoms with Crippen LogP contribution in [0.25, 0.3) is 16.6 Å². The number of piperidine rings is 1. The van der Waals surface area contributed by atoms with E-state index < -0.39 is 5.54 Å². The van der Waals surface area contributed by atoms with E-state index in [1.54, 1.807) is 6.20 Å². The van der Waals surface area contributed by atoms with E-state index in [0.29, 0.717) is 24.2 Å². The summed E-state index contributed by atoms with van der Waals surface area (Å²) in [5, 5.41) is 6.92. The zero-order valence-electron chi connectivity index (χ0n) is 12.4. The molecule has 1 amide bonds. The SMILES string of the molecule is C=C(NC1(C=O)CCC(=O)NC1)c1nccc2cc(C)[nH]c12. The summed E-state index contributed by atoms with van der Waals surface area (Å²) < 4.78 is 0. The first-order valence-electron chi connectivity index (χ1n) is 7.18. The standard InChI is InChI=1S/C16H18N4O2/c1-10-7-12-4-6-17-14(15(12)19-10)11(2)20-16(9-21)5-3-13(22)18-8-16/h4,6-7,9,19-20H,2-3,5,8H2,1H3,(H,18,22). The van der Waals surface area contributed by atoms with Gasteiger partial charge in [0.15, 0.2) is 0 Å². The van der Waals surface area contributed by atoms with Gasteiger partial charge in [0.25, 0.3) is 0 Å². The molecule has 2 aromatic rings. The molecule has 1 saturated heterocycles. The number of carbonyl (C=O) groups excluding carboxylic acids is 2. The summed E-state index contributed by atoms with van der Waals surface area (Å²) in [6, 6.07) is 3.95. The summed E-state index contributed by atoms with van der Waals surface area (Å²) in [5.41, 5.74) is 2.35. The van der Waals surface area contributed by atoms with Crippen molar-refractivity contribution in [3.05, 3.63) is 36.3 Å². The Kier molecular flexibility index (Phi) is 3.44. The van der Waals surface area contributed by atoms with Crippen molar-refractivity contribution in [1.82, 2.24) is 20.6 Å². The molecule has 0 saturated carbocycles. The average Bonchev–Trinajstić information content (AvgIpc) is 2.89. The molecule has 1 unspecified atom stereocenters. The highest BCUT2D eigenvalue weighted by atomic mass is 16.2. The number of hydrogen-bond acceptors (Lipinski definition) is 4. The van der Waals surface area contributed by atoms with E-state index in [9.17, 15) is 9.59 Å². The second kappa shape index (κ2) is 5.29. The molecule has 0 spiro atoms. The largest absolute Gasteiger partial charge is 0.370 e. The molecule has 0 aliphatic carbocycles. The molecule has 0 aromatic carbocycles. The van der Waals surface area contributed by atoms with Gasteiger partial charge in [-0.2, -0.15) is 0 Å². The average molecular weight is 298 g/mol. The van der Waals surface area contributed by atoms with Crippen molar-refractivity contribution >= 4 is 28.8 Å². The van der Waals surface area contributed by atoms with Gasteiger partial charge >= 0.3 is 0 Å². The maximum Gasteiger partial charge on any atom is 0.220 e. The van der Waals surface area contributed by atoms with Crippen molar-refractivity contribution in [1.29, 1.82) is 0 Å². The Bertz CT molecular complexity index is 753. The van der Waals surface area contributed by atoms with E-state index in [1.165, 1.54) is 0 Å². The van der Waals surface area contributed by atoms with Gasteiger partial charge in [0.1, 0.15) is 17.5 Å². The number of rotatable bonds is 4. The van der Waals surface area contributed by atoms with Gasteiger partial charge in [-0.3, -0.25) is 9.78 Å². The molecule has 1 fully saturated rings. The van der Waals surface area contributed by atoms with E-state index in [2.05, 4.69) is 27.2 Å². The van der Waals surface area contributed by atoms with Crippen LogP contribution in [0.15, 0.2) is 24.9 Å². The van der Waals surface area contributed by atoms with E-state index >= 15 is 0 Å². The molecule has 114 valence electrons. The predicted molar refractivity (Wildman–Crippen MR) is 84.0 cm³/mol. The smallest absolute Gasteiger partial charge is 0.220 e. The van der Waals surface area contributed by atoms with Crippen LogP contribution in [0.4, 0.5) is 0 Å². The second-order valence-electron chi connectivity index (χ2n) is 5.73. The molecule has 3 heterocycles. The highest BCUT2D eigenvalue weighted by Gasteiger charge is 2.35. The van der Waals surface area contributed by atoms with Gasteiger partial charge < -0.3 is 20.4 Å². The number of carbonyl (C=O) groups is 2. The number of H-pyrrole nitrogens is 1. The predicted octanol–water partition coefficient (Wildman–Crippen LogP) is 1.28. The van der Waals surface area contributed by atoms with E-state index in [1.807, 2.05) is 19.1 Å². The number of aryl methyl sites for hydroxylation is 1. The van der Waals surface area contributed by atoms with Gasteiger partial charge in [-0.25, -0.2) is 0 Å². The first-order chi connectivity index (χ1) is 10.5. The van der Waals surface area contributed by atoms with Crippen LogP contribution in [0, 0.1) is 6.92 Å². The zero-order chi connectivity index (χ0) is 15.7. The van der Waals surface area contributed by atoms with Gasteiger partial charge in [0.05, 0.1) is 11.2 Å². The van der Waals surface area contributed by atoms with Crippen LogP contribution in [0.2, 0.25) is 0 Å². The van der Waals surface area contributed by atoms with Crippen molar-refractivity contribution in [2.75, 3.05) is 6.54 Å². The molecule has 1 aliphatic rings. The minimum atomic E-state index is -0.823. The number of amides is 1. The van der Waals surface area contributed by atoms with Gasteiger partial charge in [-0.15, -0.1) is 0 Å². The van der Waals surface area contributed by atoms with Crippen LogP contribution in [0.5, 0.6) is 0 Å². The molecule has 22 heavy (non-hydrogen) atoms. The molecule has 0 bridgehead atoms. The highest BCUT2D eigenvalue weighted by molar-refractivity contribution is 5.90. The molecule has 0 radical (unpaired) electrons. The van der Waals surface area contributed by atoms with Crippen LogP contribution < -0.4 is 10.6 Å². The first-order valence-corrected chi connectivity index (χ1v) is 7.18. The van der Waals surface area contributed by atoms with Gasteiger partial charge in [-0.05, 0) is 25.5 Å². The Morgan fingerprint density at radius 2 is 2.36 bits per heavy atom. The van der Waals surface area contributed by atoms with Crippen molar-refractivity contribution in [3.8, 4) is 0 Å². The fourth-order valence-electron chi connectivity index (χ4n) is 2.79. The Morgan fingerprint density at radius 1 is 1.55 bits per heavy atom. The van der Waals surface area contributed by atoms with Crippen molar-refractivity contribution in [3.63, 3.8) is 0 Å². The molecule has 1 aliphatic heterocycles. The Hall–Kier alpha value is -2.63. The topological polar surface area (TPSA) is 86.9 Å². The molecule has 1 atom stereocenters. The van der Waals surface area contributed by atoms with E-state index in [4.69, 9.17) is 0 Å².